The molecule has 1 N–H and O–H groups in total. The molecule has 1 atom stereocenters. The maximum Gasteiger partial charge on any atom is 0.166 e. The van der Waals surface area contributed by atoms with Crippen molar-refractivity contribution in [1.29, 1.82) is 0 Å². The molecule has 20 heavy (non-hydrogen) atoms. The molecule has 0 amide bonds. The fourth-order valence-corrected chi connectivity index (χ4v) is 2.44. The number of rotatable bonds is 5. The lowest BCUT2D eigenvalue weighted by molar-refractivity contribution is 0.438. The fourth-order valence-electron chi connectivity index (χ4n) is 1.94. The highest BCUT2D eigenvalue weighted by molar-refractivity contribution is 14.1. The Hall–Kier alpha value is -1.14. The number of benzene rings is 2. The maximum atomic E-state index is 14.1. The number of ether oxygens (including phenoxy) is 1. The second-order valence-corrected chi connectivity index (χ2v) is 5.66. The molecule has 0 aliphatic rings. The van der Waals surface area contributed by atoms with Gasteiger partial charge in [0.1, 0.15) is 5.75 Å². The Morgan fingerprint density at radius 2 is 1.95 bits per heavy atom. The zero-order chi connectivity index (χ0) is 14.5. The van der Waals surface area contributed by atoms with Crippen molar-refractivity contribution in [1.82, 2.24) is 5.32 Å². The first kappa shape index (κ1) is 15.3. The van der Waals surface area contributed by atoms with E-state index in [0.29, 0.717) is 5.75 Å². The predicted molar refractivity (Wildman–Crippen MR) is 87.7 cm³/mol. The van der Waals surface area contributed by atoms with Gasteiger partial charge in [0.15, 0.2) is 11.6 Å². The van der Waals surface area contributed by atoms with Crippen LogP contribution in [0, 0.1) is 9.39 Å². The van der Waals surface area contributed by atoms with Crippen LogP contribution >= 0.6 is 22.6 Å². The van der Waals surface area contributed by atoms with E-state index in [2.05, 4.69) is 27.9 Å². The number of hydrogen-bond donors (Lipinski definition) is 1. The SMILES string of the molecule is CCNC(C)c1ccc(Oc2ccccc2I)c(F)c1. The first-order chi connectivity index (χ1) is 9.61. The molecule has 0 saturated carbocycles. The molecule has 0 aliphatic carbocycles. The van der Waals surface area contributed by atoms with Crippen LogP contribution in [0.5, 0.6) is 11.5 Å². The Bertz CT molecular complexity index is 588. The Morgan fingerprint density at radius 1 is 1.20 bits per heavy atom. The van der Waals surface area contributed by atoms with E-state index in [4.69, 9.17) is 4.74 Å². The summed E-state index contributed by atoms with van der Waals surface area (Å²) in [6.45, 7) is 4.89. The Balaban J connectivity index is 2.20. The summed E-state index contributed by atoms with van der Waals surface area (Å²) in [5.41, 5.74) is 0.916. The van der Waals surface area contributed by atoms with Crippen LogP contribution in [0.25, 0.3) is 0 Å². The zero-order valence-electron chi connectivity index (χ0n) is 11.5. The van der Waals surface area contributed by atoms with Gasteiger partial charge in [-0.25, -0.2) is 4.39 Å². The standard InChI is InChI=1S/C16H17FINO/c1-3-19-11(2)12-8-9-15(13(17)10-12)20-16-7-5-4-6-14(16)18/h4-11,19H,3H2,1-2H3. The van der Waals surface area contributed by atoms with Crippen LogP contribution < -0.4 is 10.1 Å². The van der Waals surface area contributed by atoms with Crippen molar-refractivity contribution in [2.75, 3.05) is 6.54 Å². The van der Waals surface area contributed by atoms with Crippen LogP contribution in [0.2, 0.25) is 0 Å². The smallest absolute Gasteiger partial charge is 0.166 e. The molecule has 2 nitrogen and oxygen atoms in total. The molecule has 4 heteroatoms. The van der Waals surface area contributed by atoms with Gasteiger partial charge in [0.2, 0.25) is 0 Å². The normalized spacial score (nSPS) is 12.2. The van der Waals surface area contributed by atoms with Crippen LogP contribution in [-0.2, 0) is 0 Å². The summed E-state index contributed by atoms with van der Waals surface area (Å²) < 4.78 is 20.7. The number of hydrogen-bond acceptors (Lipinski definition) is 2. The molecule has 2 aromatic rings. The molecular formula is C16H17FINO. The van der Waals surface area contributed by atoms with Crippen LogP contribution in [-0.4, -0.2) is 6.54 Å². The average molecular weight is 385 g/mol. The van der Waals surface area contributed by atoms with Crippen molar-refractivity contribution >= 4 is 22.6 Å². The summed E-state index contributed by atoms with van der Waals surface area (Å²) in [5, 5.41) is 3.26. The number of halogens is 2. The van der Waals surface area contributed by atoms with Gasteiger partial charge in [-0.05, 0) is 65.9 Å². The second-order valence-electron chi connectivity index (χ2n) is 4.50. The van der Waals surface area contributed by atoms with Gasteiger partial charge in [-0.1, -0.05) is 25.1 Å². The lowest BCUT2D eigenvalue weighted by Gasteiger charge is -2.14. The molecule has 0 bridgehead atoms. The molecule has 0 radical (unpaired) electrons. The molecule has 0 spiro atoms. The van der Waals surface area contributed by atoms with Crippen molar-refractivity contribution in [3.8, 4) is 11.5 Å². The highest BCUT2D eigenvalue weighted by Gasteiger charge is 2.11. The lowest BCUT2D eigenvalue weighted by atomic mass is 10.1. The van der Waals surface area contributed by atoms with Crippen LogP contribution in [0.15, 0.2) is 42.5 Å². The molecule has 2 aromatic carbocycles. The van der Waals surface area contributed by atoms with Crippen molar-refractivity contribution in [2.24, 2.45) is 0 Å². The van der Waals surface area contributed by atoms with Crippen molar-refractivity contribution in [3.63, 3.8) is 0 Å². The van der Waals surface area contributed by atoms with Gasteiger partial charge in [-0.3, -0.25) is 0 Å². The predicted octanol–water partition coefficient (Wildman–Crippen LogP) is 4.89. The van der Waals surface area contributed by atoms with Crippen molar-refractivity contribution < 1.29 is 9.13 Å². The third-order valence-electron chi connectivity index (χ3n) is 3.02. The van der Waals surface area contributed by atoms with Crippen LogP contribution in [0.3, 0.4) is 0 Å². The van der Waals surface area contributed by atoms with Gasteiger partial charge >= 0.3 is 0 Å². The van der Waals surface area contributed by atoms with Gasteiger partial charge < -0.3 is 10.1 Å². The minimum absolute atomic E-state index is 0.125. The van der Waals surface area contributed by atoms with Crippen molar-refractivity contribution in [3.05, 3.63) is 57.4 Å². The fraction of sp³-hybridized carbons (Fsp3) is 0.250. The molecule has 0 aliphatic heterocycles. The Morgan fingerprint density at radius 3 is 2.60 bits per heavy atom. The van der Waals surface area contributed by atoms with E-state index in [9.17, 15) is 4.39 Å². The third kappa shape index (κ3) is 3.70. The Kier molecular flexibility index (Phi) is 5.37. The summed E-state index contributed by atoms with van der Waals surface area (Å²) in [5.74, 6) is 0.577. The van der Waals surface area contributed by atoms with Gasteiger partial charge in [0, 0.05) is 6.04 Å². The number of para-hydroxylation sites is 1. The molecule has 106 valence electrons. The van der Waals surface area contributed by atoms with E-state index in [1.165, 1.54) is 6.07 Å². The molecule has 1 unspecified atom stereocenters. The van der Waals surface area contributed by atoms with Gasteiger partial charge in [0.05, 0.1) is 3.57 Å². The molecule has 0 saturated heterocycles. The molecule has 0 aromatic heterocycles. The van der Waals surface area contributed by atoms with Crippen LogP contribution in [0.4, 0.5) is 4.39 Å². The minimum atomic E-state index is -0.341. The largest absolute Gasteiger partial charge is 0.453 e. The van der Waals surface area contributed by atoms with E-state index < -0.39 is 0 Å². The second kappa shape index (κ2) is 7.04. The topological polar surface area (TPSA) is 21.3 Å². The first-order valence-corrected chi connectivity index (χ1v) is 7.65. The molecule has 2 rings (SSSR count). The lowest BCUT2D eigenvalue weighted by Crippen LogP contribution is -2.17. The zero-order valence-corrected chi connectivity index (χ0v) is 13.6. The summed E-state index contributed by atoms with van der Waals surface area (Å²) in [6, 6.07) is 12.8. The van der Waals surface area contributed by atoms with Crippen LogP contribution in [0.1, 0.15) is 25.5 Å². The van der Waals surface area contributed by atoms with Gasteiger partial charge in [-0.2, -0.15) is 0 Å². The summed E-state index contributed by atoms with van der Waals surface area (Å²) in [7, 11) is 0. The van der Waals surface area contributed by atoms with Gasteiger partial charge in [-0.15, -0.1) is 0 Å². The summed E-state index contributed by atoms with van der Waals surface area (Å²) >= 11 is 2.17. The van der Waals surface area contributed by atoms with E-state index >= 15 is 0 Å². The van der Waals surface area contributed by atoms with E-state index in [-0.39, 0.29) is 17.6 Å². The summed E-state index contributed by atoms with van der Waals surface area (Å²) in [4.78, 5) is 0. The summed E-state index contributed by atoms with van der Waals surface area (Å²) in [6.07, 6.45) is 0. The van der Waals surface area contributed by atoms with Gasteiger partial charge in [0.25, 0.3) is 0 Å². The Labute approximate surface area is 132 Å². The first-order valence-electron chi connectivity index (χ1n) is 6.57. The highest BCUT2D eigenvalue weighted by Crippen LogP contribution is 2.29. The molecular weight excluding hydrogens is 368 g/mol. The quantitative estimate of drug-likeness (QED) is 0.740. The van der Waals surface area contributed by atoms with E-state index in [1.807, 2.05) is 44.2 Å². The highest BCUT2D eigenvalue weighted by atomic mass is 127. The monoisotopic (exact) mass is 385 g/mol. The minimum Gasteiger partial charge on any atom is -0.453 e. The third-order valence-corrected chi connectivity index (χ3v) is 3.91. The van der Waals surface area contributed by atoms with E-state index in [1.54, 1.807) is 6.07 Å². The molecule has 0 heterocycles. The molecule has 0 fully saturated rings. The average Bonchev–Trinajstić information content (AvgIpc) is 2.43. The maximum absolute atomic E-state index is 14.1. The van der Waals surface area contributed by atoms with Crippen molar-refractivity contribution in [2.45, 2.75) is 19.9 Å². The van der Waals surface area contributed by atoms with E-state index in [0.717, 1.165) is 15.7 Å². The number of nitrogens with one attached hydrogen (secondary N) is 1.